The van der Waals surface area contributed by atoms with Crippen LogP contribution in [0.4, 0.5) is 8.78 Å². The van der Waals surface area contributed by atoms with E-state index in [-0.39, 0.29) is 42.2 Å². The quantitative estimate of drug-likeness (QED) is 0.308. The minimum Gasteiger partial charge on any atom is -0.493 e. The second-order valence-electron chi connectivity index (χ2n) is 6.51. The lowest BCUT2D eigenvalue weighted by Gasteiger charge is -2.10. The van der Waals surface area contributed by atoms with Gasteiger partial charge in [-0.05, 0) is 42.5 Å². The lowest BCUT2D eigenvalue weighted by Crippen LogP contribution is -2.14. The van der Waals surface area contributed by atoms with E-state index < -0.39 is 12.6 Å². The molecule has 0 bridgehead atoms. The Labute approximate surface area is 187 Å². The van der Waals surface area contributed by atoms with Crippen LogP contribution in [0.2, 0.25) is 0 Å². The molecule has 0 saturated heterocycles. The van der Waals surface area contributed by atoms with Crippen molar-refractivity contribution in [2.24, 2.45) is 0 Å². The molecule has 2 aromatic carbocycles. The minimum absolute atomic E-state index is 0.00997. The van der Waals surface area contributed by atoms with Crippen molar-refractivity contribution in [1.29, 1.82) is 0 Å². The molecule has 0 aliphatic carbocycles. The lowest BCUT2D eigenvalue weighted by molar-refractivity contribution is -0.148. The summed E-state index contributed by atoms with van der Waals surface area (Å²) in [6.07, 6.45) is 0.399. The zero-order chi connectivity index (χ0) is 23.8. The number of methoxy groups -OCH3 is 1. The molecule has 0 radical (unpaired) electrons. The summed E-state index contributed by atoms with van der Waals surface area (Å²) in [4.78, 5) is 27.6. The fourth-order valence-electron chi connectivity index (χ4n) is 2.70. The Hall–Kier alpha value is -4.02. The highest BCUT2D eigenvalue weighted by molar-refractivity contribution is 5.95. The van der Waals surface area contributed by atoms with Crippen molar-refractivity contribution in [3.63, 3.8) is 0 Å². The van der Waals surface area contributed by atoms with Crippen molar-refractivity contribution in [3.05, 3.63) is 53.9 Å². The largest absolute Gasteiger partial charge is 0.493 e. The van der Waals surface area contributed by atoms with Crippen LogP contribution in [0.25, 0.3) is 11.4 Å². The Morgan fingerprint density at radius 2 is 1.85 bits per heavy atom. The molecule has 0 unspecified atom stereocenters. The Kier molecular flexibility index (Phi) is 7.90. The van der Waals surface area contributed by atoms with E-state index in [1.807, 2.05) is 0 Å². The van der Waals surface area contributed by atoms with Crippen molar-refractivity contribution in [3.8, 4) is 28.6 Å². The molecule has 1 heterocycles. The van der Waals surface area contributed by atoms with Crippen LogP contribution in [-0.2, 0) is 16.1 Å². The van der Waals surface area contributed by atoms with Gasteiger partial charge in [0.2, 0.25) is 5.82 Å². The maximum Gasteiger partial charge on any atom is 0.387 e. The normalized spacial score (nSPS) is 10.7. The first kappa shape index (κ1) is 23.6. The van der Waals surface area contributed by atoms with Crippen LogP contribution in [0.15, 0.2) is 47.0 Å². The van der Waals surface area contributed by atoms with Crippen LogP contribution in [0, 0.1) is 0 Å². The van der Waals surface area contributed by atoms with E-state index >= 15 is 0 Å². The van der Waals surface area contributed by atoms with Crippen molar-refractivity contribution < 1.29 is 41.8 Å². The number of nitrogens with zero attached hydrogens (tertiary/aromatic N) is 2. The van der Waals surface area contributed by atoms with E-state index in [1.54, 1.807) is 31.2 Å². The highest BCUT2D eigenvalue weighted by Crippen LogP contribution is 2.32. The number of ether oxygens (including phenoxy) is 4. The monoisotopic (exact) mass is 462 g/mol. The number of benzene rings is 2. The van der Waals surface area contributed by atoms with Gasteiger partial charge >= 0.3 is 12.6 Å². The van der Waals surface area contributed by atoms with Gasteiger partial charge in [0.05, 0.1) is 7.11 Å². The Morgan fingerprint density at radius 1 is 1.09 bits per heavy atom. The van der Waals surface area contributed by atoms with Gasteiger partial charge in [0, 0.05) is 17.5 Å². The number of hydrogen-bond donors (Lipinski definition) is 0. The molecule has 0 fully saturated rings. The van der Waals surface area contributed by atoms with Crippen molar-refractivity contribution >= 4 is 11.8 Å². The third-order valence-electron chi connectivity index (χ3n) is 4.32. The van der Waals surface area contributed by atoms with Gasteiger partial charge in [0.25, 0.3) is 5.89 Å². The van der Waals surface area contributed by atoms with E-state index in [0.717, 1.165) is 0 Å². The molecule has 0 saturated carbocycles. The number of carbonyl (C=O) groups excluding carboxylic acids is 2. The van der Waals surface area contributed by atoms with Crippen LogP contribution in [0.5, 0.6) is 17.2 Å². The Balaban J connectivity index is 1.52. The fraction of sp³-hybridized carbons (Fsp3) is 0.273. The highest BCUT2D eigenvalue weighted by Gasteiger charge is 2.16. The molecule has 33 heavy (non-hydrogen) atoms. The maximum absolute atomic E-state index is 12.4. The standard InChI is InChI=1S/C22H20F2N2O7/c1-3-16(27)13-4-7-15(8-5-13)30-12-20(28)31-11-19-25-21(26-33-19)14-6-9-17(32-22(23)24)18(10-14)29-2/h4-10,22H,3,11-12H2,1-2H3. The summed E-state index contributed by atoms with van der Waals surface area (Å²) in [6, 6.07) is 10.6. The highest BCUT2D eigenvalue weighted by atomic mass is 19.3. The first-order valence-electron chi connectivity index (χ1n) is 9.77. The fourth-order valence-corrected chi connectivity index (χ4v) is 2.70. The third-order valence-corrected chi connectivity index (χ3v) is 4.32. The second kappa shape index (κ2) is 11.0. The number of aromatic nitrogens is 2. The number of esters is 1. The van der Waals surface area contributed by atoms with Crippen molar-refractivity contribution in [2.45, 2.75) is 26.6 Å². The van der Waals surface area contributed by atoms with Crippen LogP contribution >= 0.6 is 0 Å². The number of alkyl halides is 2. The van der Waals surface area contributed by atoms with E-state index in [0.29, 0.717) is 23.3 Å². The van der Waals surface area contributed by atoms with Gasteiger partial charge in [-0.3, -0.25) is 4.79 Å². The molecule has 0 aliphatic heterocycles. The summed E-state index contributed by atoms with van der Waals surface area (Å²) in [7, 11) is 1.31. The van der Waals surface area contributed by atoms with Crippen LogP contribution in [-0.4, -0.2) is 42.2 Å². The molecule has 0 spiro atoms. The Bertz CT molecular complexity index is 1100. The number of ketones is 1. The first-order chi connectivity index (χ1) is 15.9. The van der Waals surface area contributed by atoms with E-state index in [4.69, 9.17) is 18.7 Å². The van der Waals surface area contributed by atoms with Gasteiger partial charge in [-0.15, -0.1) is 0 Å². The van der Waals surface area contributed by atoms with Gasteiger partial charge in [0.15, 0.2) is 30.5 Å². The molecule has 0 atom stereocenters. The summed E-state index contributed by atoms with van der Waals surface area (Å²) in [5.74, 6) is -0.161. The number of Topliss-reactive ketones (excluding diaryl/α,β-unsaturated/α-hetero) is 1. The predicted molar refractivity (Wildman–Crippen MR) is 109 cm³/mol. The number of hydrogen-bond acceptors (Lipinski definition) is 9. The number of halogens is 2. The van der Waals surface area contributed by atoms with E-state index in [1.165, 1.54) is 25.3 Å². The molecule has 0 N–H and O–H groups in total. The topological polar surface area (TPSA) is 110 Å². The van der Waals surface area contributed by atoms with Crippen LogP contribution in [0.3, 0.4) is 0 Å². The summed E-state index contributed by atoms with van der Waals surface area (Å²) in [5, 5.41) is 3.77. The zero-order valence-electron chi connectivity index (χ0n) is 17.7. The van der Waals surface area contributed by atoms with Crippen LogP contribution in [0.1, 0.15) is 29.6 Å². The molecule has 0 amide bonds. The second-order valence-corrected chi connectivity index (χ2v) is 6.51. The summed E-state index contributed by atoms with van der Waals surface area (Å²) >= 11 is 0. The molecular weight excluding hydrogens is 442 g/mol. The summed E-state index contributed by atoms with van der Waals surface area (Å²) in [6.45, 7) is -1.87. The van der Waals surface area contributed by atoms with Crippen molar-refractivity contribution in [2.75, 3.05) is 13.7 Å². The molecule has 0 aliphatic rings. The maximum atomic E-state index is 12.4. The van der Waals surface area contributed by atoms with Crippen molar-refractivity contribution in [1.82, 2.24) is 10.1 Å². The smallest absolute Gasteiger partial charge is 0.387 e. The average molecular weight is 462 g/mol. The number of rotatable bonds is 11. The molecule has 1 aromatic heterocycles. The SMILES string of the molecule is CCC(=O)c1ccc(OCC(=O)OCc2nc(-c3ccc(OC(F)F)c(OC)c3)no2)cc1. The molecular formula is C22H20F2N2O7. The van der Waals surface area contributed by atoms with Gasteiger partial charge in [0.1, 0.15) is 5.75 Å². The van der Waals surface area contributed by atoms with Crippen LogP contribution < -0.4 is 14.2 Å². The minimum atomic E-state index is -3.00. The first-order valence-corrected chi connectivity index (χ1v) is 9.77. The molecule has 3 aromatic rings. The van der Waals surface area contributed by atoms with E-state index in [9.17, 15) is 18.4 Å². The van der Waals surface area contributed by atoms with Gasteiger partial charge in [-0.1, -0.05) is 12.1 Å². The molecule has 9 nitrogen and oxygen atoms in total. The lowest BCUT2D eigenvalue weighted by atomic mass is 10.1. The molecule has 11 heteroatoms. The molecule has 174 valence electrons. The van der Waals surface area contributed by atoms with Gasteiger partial charge in [-0.2, -0.15) is 13.8 Å². The third kappa shape index (κ3) is 6.48. The van der Waals surface area contributed by atoms with E-state index in [2.05, 4.69) is 14.9 Å². The summed E-state index contributed by atoms with van der Waals surface area (Å²) in [5.41, 5.74) is 0.983. The zero-order valence-corrected chi connectivity index (χ0v) is 17.7. The van der Waals surface area contributed by atoms with Gasteiger partial charge in [-0.25, -0.2) is 4.79 Å². The summed E-state index contributed by atoms with van der Waals surface area (Å²) < 4.78 is 49.7. The molecule has 3 rings (SSSR count). The number of carbonyl (C=O) groups is 2. The van der Waals surface area contributed by atoms with Gasteiger partial charge < -0.3 is 23.5 Å². The Morgan fingerprint density at radius 3 is 2.52 bits per heavy atom. The predicted octanol–water partition coefficient (Wildman–Crippen LogP) is 4.06. The average Bonchev–Trinajstić information content (AvgIpc) is 3.30.